The van der Waals surface area contributed by atoms with Gasteiger partial charge in [-0.3, -0.25) is 4.90 Å². The summed E-state index contributed by atoms with van der Waals surface area (Å²) < 4.78 is 99.4. The van der Waals surface area contributed by atoms with Gasteiger partial charge in [0, 0.05) is 6.54 Å². The van der Waals surface area contributed by atoms with Crippen LogP contribution in [0.25, 0.3) is 0 Å². The molecule has 272 valence electrons. The number of alkyl carbamates (subject to hydrolysis) is 1. The summed E-state index contributed by atoms with van der Waals surface area (Å²) >= 11 is 0. The Morgan fingerprint density at radius 3 is 2.00 bits per heavy atom. The molecule has 3 N–H and O–H groups in total. The van der Waals surface area contributed by atoms with Crippen molar-refractivity contribution < 1.29 is 50.1 Å². The van der Waals surface area contributed by atoms with E-state index in [9.17, 15) is 35.9 Å². The van der Waals surface area contributed by atoms with Gasteiger partial charge in [0.2, 0.25) is 0 Å². The molecule has 1 unspecified atom stereocenters. The normalized spacial score (nSPS) is 20.6. The quantitative estimate of drug-likeness (QED) is 0.217. The largest absolute Gasteiger partial charge is 0.445 e. The molecule has 1 fully saturated rings. The lowest BCUT2D eigenvalue weighted by atomic mass is 9.76. The third-order valence-electron chi connectivity index (χ3n) is 8.43. The van der Waals surface area contributed by atoms with Crippen molar-refractivity contribution in [2.24, 2.45) is 5.73 Å². The number of hydrogen-bond donors (Lipinski definition) is 2. The van der Waals surface area contributed by atoms with Gasteiger partial charge < -0.3 is 25.3 Å². The number of nitrogens with one attached hydrogen (secondary N) is 1. The molecule has 0 radical (unpaired) electrons. The fourth-order valence-electron chi connectivity index (χ4n) is 6.03. The van der Waals surface area contributed by atoms with E-state index in [1.807, 2.05) is 0 Å². The molecule has 4 atom stereocenters. The first-order chi connectivity index (χ1) is 23.3. The smallest absolute Gasteiger partial charge is 0.416 e. The molecule has 2 amide bonds. The lowest BCUT2D eigenvalue weighted by Gasteiger charge is -2.53. The van der Waals surface area contributed by atoms with Gasteiger partial charge in [-0.15, -0.1) is 0 Å². The molecule has 0 bridgehead atoms. The van der Waals surface area contributed by atoms with E-state index in [2.05, 4.69) is 5.32 Å². The Morgan fingerprint density at radius 2 is 1.48 bits per heavy atom. The Balaban J connectivity index is 1.76. The molecular weight excluding hydrogens is 668 g/mol. The molecular formula is C36H41F6N3O5. The topological polar surface area (TPSA) is 103 Å². The number of ether oxygens (including phenoxy) is 3. The van der Waals surface area contributed by atoms with Crippen LogP contribution in [0.4, 0.5) is 35.9 Å². The number of piperidine rings is 1. The first-order valence-electron chi connectivity index (χ1n) is 16.0. The van der Waals surface area contributed by atoms with Crippen molar-refractivity contribution in [3.05, 3.63) is 107 Å². The maximum atomic E-state index is 14.2. The van der Waals surface area contributed by atoms with Crippen LogP contribution in [0.5, 0.6) is 0 Å². The molecule has 14 heteroatoms. The summed E-state index contributed by atoms with van der Waals surface area (Å²) in [7, 11) is 0. The standard InChI is InChI=1S/C36H41F6N3O5/c1-23(25-17-27(35(37,38)39)19-28(18-25)36(40,41)42)49-22-34(26-13-9-6-10-14-26)16-15-29(44-31(46)50-33(2,3)4)30(20-43)45(34)32(47)48-21-24-11-7-5-8-12-24/h5-14,17-19,23,29-30H,15-16,20-22,43H2,1-4H3,(H,44,46)/t23-,29+,30-,34?/m1/s1. The van der Waals surface area contributed by atoms with Crippen LogP contribution in [0.3, 0.4) is 0 Å². The van der Waals surface area contributed by atoms with Gasteiger partial charge in [0.25, 0.3) is 0 Å². The zero-order valence-corrected chi connectivity index (χ0v) is 28.1. The number of hydrogen-bond acceptors (Lipinski definition) is 6. The zero-order valence-electron chi connectivity index (χ0n) is 28.1. The van der Waals surface area contributed by atoms with Crippen molar-refractivity contribution in [2.45, 2.75) is 88.8 Å². The monoisotopic (exact) mass is 709 g/mol. The SMILES string of the molecule is C[C@@H](OCC1(c2ccccc2)CC[C@H](NC(=O)OC(C)(C)C)[C@@H](CN)N1C(=O)OCc1ccccc1)c1cc(C(F)(F)F)cc(C(F)(F)F)c1. The summed E-state index contributed by atoms with van der Waals surface area (Å²) in [4.78, 5) is 28.5. The highest BCUT2D eigenvalue weighted by Crippen LogP contribution is 2.43. The molecule has 1 aliphatic rings. The maximum absolute atomic E-state index is 14.2. The summed E-state index contributed by atoms with van der Waals surface area (Å²) in [5.74, 6) is 0. The lowest BCUT2D eigenvalue weighted by Crippen LogP contribution is -2.68. The number of nitrogens with two attached hydrogens (primary N) is 1. The minimum atomic E-state index is -5.05. The van der Waals surface area contributed by atoms with Gasteiger partial charge in [0.1, 0.15) is 12.2 Å². The molecule has 0 aliphatic carbocycles. The lowest BCUT2D eigenvalue weighted by molar-refractivity contribution is -0.143. The zero-order chi connectivity index (χ0) is 36.9. The van der Waals surface area contributed by atoms with Crippen molar-refractivity contribution in [1.82, 2.24) is 10.2 Å². The predicted octanol–water partition coefficient (Wildman–Crippen LogP) is 8.35. The van der Waals surface area contributed by atoms with Crippen LogP contribution in [0, 0.1) is 0 Å². The Kier molecular flexibility index (Phi) is 11.8. The van der Waals surface area contributed by atoms with E-state index < -0.39 is 65.0 Å². The number of halogens is 6. The first-order valence-corrected chi connectivity index (χ1v) is 16.0. The summed E-state index contributed by atoms with van der Waals surface area (Å²) in [5, 5.41) is 2.81. The second-order valence-corrected chi connectivity index (χ2v) is 13.2. The van der Waals surface area contributed by atoms with E-state index >= 15 is 0 Å². The number of alkyl halides is 6. The van der Waals surface area contributed by atoms with Crippen molar-refractivity contribution >= 4 is 12.2 Å². The summed E-state index contributed by atoms with van der Waals surface area (Å²) in [6, 6.07) is 17.2. The fraction of sp³-hybridized carbons (Fsp3) is 0.444. The van der Waals surface area contributed by atoms with Crippen LogP contribution in [0.15, 0.2) is 78.9 Å². The van der Waals surface area contributed by atoms with Crippen LogP contribution >= 0.6 is 0 Å². The van der Waals surface area contributed by atoms with Gasteiger partial charge in [-0.2, -0.15) is 26.3 Å². The molecule has 3 aromatic carbocycles. The van der Waals surface area contributed by atoms with Crippen LogP contribution in [0.2, 0.25) is 0 Å². The van der Waals surface area contributed by atoms with Gasteiger partial charge in [0.05, 0.1) is 41.5 Å². The Hall–Kier alpha value is -4.30. The van der Waals surface area contributed by atoms with Gasteiger partial charge >= 0.3 is 24.5 Å². The van der Waals surface area contributed by atoms with Crippen molar-refractivity contribution in [3.63, 3.8) is 0 Å². The van der Waals surface area contributed by atoms with Crippen LogP contribution < -0.4 is 11.1 Å². The van der Waals surface area contributed by atoms with E-state index in [1.54, 1.807) is 81.4 Å². The van der Waals surface area contributed by atoms with Crippen LogP contribution in [-0.2, 0) is 38.7 Å². The maximum Gasteiger partial charge on any atom is 0.416 e. The highest BCUT2D eigenvalue weighted by Gasteiger charge is 2.52. The molecule has 3 aromatic rings. The van der Waals surface area contributed by atoms with Gasteiger partial charge in [-0.1, -0.05) is 60.7 Å². The Labute approximate surface area is 286 Å². The summed E-state index contributed by atoms with van der Waals surface area (Å²) in [5.41, 5.74) is 2.03. The molecule has 50 heavy (non-hydrogen) atoms. The van der Waals surface area contributed by atoms with E-state index in [1.165, 1.54) is 11.8 Å². The minimum Gasteiger partial charge on any atom is -0.445 e. The highest BCUT2D eigenvalue weighted by molar-refractivity contribution is 5.72. The van der Waals surface area contributed by atoms with E-state index in [0.717, 1.165) is 0 Å². The second-order valence-electron chi connectivity index (χ2n) is 13.2. The predicted molar refractivity (Wildman–Crippen MR) is 173 cm³/mol. The molecule has 8 nitrogen and oxygen atoms in total. The molecule has 1 saturated heterocycles. The number of carbonyl (C=O) groups excluding carboxylic acids is 2. The number of rotatable bonds is 9. The molecule has 0 spiro atoms. The first kappa shape index (κ1) is 38.5. The Morgan fingerprint density at radius 1 is 0.920 bits per heavy atom. The average molecular weight is 710 g/mol. The number of benzene rings is 3. The molecule has 0 saturated carbocycles. The van der Waals surface area contributed by atoms with Crippen LogP contribution in [0.1, 0.15) is 74.5 Å². The Bertz CT molecular complexity index is 1570. The highest BCUT2D eigenvalue weighted by atomic mass is 19.4. The average Bonchev–Trinajstić information content (AvgIpc) is 3.05. The molecule has 1 aliphatic heterocycles. The van der Waals surface area contributed by atoms with E-state index in [0.29, 0.717) is 23.3 Å². The van der Waals surface area contributed by atoms with Crippen molar-refractivity contribution in [3.8, 4) is 0 Å². The van der Waals surface area contributed by atoms with Crippen molar-refractivity contribution in [2.75, 3.05) is 13.2 Å². The van der Waals surface area contributed by atoms with E-state index in [-0.39, 0.29) is 44.2 Å². The van der Waals surface area contributed by atoms with Crippen LogP contribution in [-0.4, -0.2) is 47.9 Å². The summed E-state index contributed by atoms with van der Waals surface area (Å²) in [6.07, 6.45) is -12.5. The van der Waals surface area contributed by atoms with Gasteiger partial charge in [-0.25, -0.2) is 9.59 Å². The van der Waals surface area contributed by atoms with E-state index in [4.69, 9.17) is 19.9 Å². The van der Waals surface area contributed by atoms with Gasteiger partial charge in [0.15, 0.2) is 0 Å². The number of nitrogens with zero attached hydrogens (tertiary/aromatic N) is 1. The van der Waals surface area contributed by atoms with Gasteiger partial charge in [-0.05, 0) is 75.4 Å². The molecule has 4 rings (SSSR count). The second kappa shape index (κ2) is 15.3. The minimum absolute atomic E-state index is 0.0525. The number of likely N-dealkylation sites (tertiary alicyclic amines) is 1. The third-order valence-corrected chi connectivity index (χ3v) is 8.43. The third kappa shape index (κ3) is 9.48. The molecule has 1 heterocycles. The number of carbonyl (C=O) groups is 2. The summed E-state index contributed by atoms with van der Waals surface area (Å²) in [6.45, 7) is 5.78. The number of amides is 2. The fourth-order valence-corrected chi connectivity index (χ4v) is 6.03. The van der Waals surface area contributed by atoms with Crippen molar-refractivity contribution in [1.29, 1.82) is 0 Å². The molecule has 0 aromatic heterocycles.